The molecule has 2 heterocycles. The SMILES string of the molecule is CN(CC(=O)Nc1ccc(N2CCOCC2)cc1N1CCOCC1)S(=O)(=O)c1ccc(C#N)cc1. The van der Waals surface area contributed by atoms with Crippen molar-refractivity contribution in [3.05, 3.63) is 48.0 Å². The third-order valence-electron chi connectivity index (χ3n) is 6.04. The minimum Gasteiger partial charge on any atom is -0.378 e. The molecule has 2 aromatic rings. The number of morpholine rings is 2. The lowest BCUT2D eigenvalue weighted by atomic mass is 10.1. The Hall–Kier alpha value is -3.17. The smallest absolute Gasteiger partial charge is 0.243 e. The van der Waals surface area contributed by atoms with Crippen LogP contribution in [0.3, 0.4) is 0 Å². The molecule has 0 saturated carbocycles. The molecule has 35 heavy (non-hydrogen) atoms. The molecular weight excluding hydrogens is 470 g/mol. The molecule has 0 spiro atoms. The fourth-order valence-electron chi connectivity index (χ4n) is 4.07. The zero-order chi connectivity index (χ0) is 24.8. The van der Waals surface area contributed by atoms with Gasteiger partial charge in [-0.3, -0.25) is 4.79 Å². The van der Waals surface area contributed by atoms with Gasteiger partial charge in [-0.05, 0) is 42.5 Å². The van der Waals surface area contributed by atoms with Gasteiger partial charge in [0.15, 0.2) is 0 Å². The van der Waals surface area contributed by atoms with E-state index in [1.807, 2.05) is 18.2 Å². The molecule has 2 saturated heterocycles. The van der Waals surface area contributed by atoms with E-state index in [0.29, 0.717) is 50.8 Å². The quantitative estimate of drug-likeness (QED) is 0.609. The summed E-state index contributed by atoms with van der Waals surface area (Å²) in [4.78, 5) is 17.3. The summed E-state index contributed by atoms with van der Waals surface area (Å²) in [6.07, 6.45) is 0. The van der Waals surface area contributed by atoms with Gasteiger partial charge in [-0.1, -0.05) is 0 Å². The molecular formula is C24H29N5O5S. The van der Waals surface area contributed by atoms with Crippen LogP contribution < -0.4 is 15.1 Å². The van der Waals surface area contributed by atoms with Crippen molar-refractivity contribution in [3.63, 3.8) is 0 Å². The number of sulfonamides is 1. The van der Waals surface area contributed by atoms with Gasteiger partial charge in [0, 0.05) is 38.9 Å². The number of anilines is 3. The van der Waals surface area contributed by atoms with Crippen molar-refractivity contribution in [1.29, 1.82) is 5.26 Å². The molecule has 2 aliphatic rings. The average Bonchev–Trinajstić information content (AvgIpc) is 2.90. The molecule has 1 N–H and O–H groups in total. The first-order valence-electron chi connectivity index (χ1n) is 11.4. The summed E-state index contributed by atoms with van der Waals surface area (Å²) >= 11 is 0. The van der Waals surface area contributed by atoms with Gasteiger partial charge in [0.25, 0.3) is 0 Å². The Labute approximate surface area is 205 Å². The van der Waals surface area contributed by atoms with E-state index in [9.17, 15) is 13.2 Å². The van der Waals surface area contributed by atoms with Crippen LogP contribution in [0.4, 0.5) is 17.1 Å². The lowest BCUT2D eigenvalue weighted by Crippen LogP contribution is -2.39. The molecule has 2 aromatic carbocycles. The van der Waals surface area contributed by atoms with Crippen LogP contribution in [-0.4, -0.2) is 84.8 Å². The van der Waals surface area contributed by atoms with Crippen LogP contribution in [-0.2, 0) is 24.3 Å². The van der Waals surface area contributed by atoms with Crippen LogP contribution in [0.5, 0.6) is 0 Å². The summed E-state index contributed by atoms with van der Waals surface area (Å²) in [5, 5.41) is 11.8. The van der Waals surface area contributed by atoms with Crippen LogP contribution in [0, 0.1) is 11.3 Å². The molecule has 2 fully saturated rings. The lowest BCUT2D eigenvalue weighted by Gasteiger charge is -2.33. The summed E-state index contributed by atoms with van der Waals surface area (Å²) < 4.78 is 37.7. The van der Waals surface area contributed by atoms with Crippen molar-refractivity contribution in [2.75, 3.05) is 81.3 Å². The van der Waals surface area contributed by atoms with Gasteiger partial charge in [0.05, 0.1) is 60.9 Å². The Kier molecular flexibility index (Phi) is 7.87. The second-order valence-corrected chi connectivity index (χ2v) is 10.4. The van der Waals surface area contributed by atoms with E-state index < -0.39 is 15.9 Å². The van der Waals surface area contributed by atoms with Crippen molar-refractivity contribution in [2.45, 2.75) is 4.90 Å². The third kappa shape index (κ3) is 5.91. The van der Waals surface area contributed by atoms with Crippen LogP contribution in [0.25, 0.3) is 0 Å². The predicted octanol–water partition coefficient (Wildman–Crippen LogP) is 1.49. The van der Waals surface area contributed by atoms with Gasteiger partial charge in [-0.15, -0.1) is 0 Å². The Morgan fingerprint density at radius 2 is 1.60 bits per heavy atom. The zero-order valence-electron chi connectivity index (χ0n) is 19.6. The van der Waals surface area contributed by atoms with Crippen LogP contribution in [0.1, 0.15) is 5.56 Å². The normalized spacial score (nSPS) is 16.7. The second kappa shape index (κ2) is 11.0. The number of rotatable bonds is 7. The largest absolute Gasteiger partial charge is 0.378 e. The molecule has 4 rings (SSSR count). The first-order valence-corrected chi connectivity index (χ1v) is 12.9. The van der Waals surface area contributed by atoms with Crippen molar-refractivity contribution in [3.8, 4) is 6.07 Å². The van der Waals surface area contributed by atoms with E-state index in [0.717, 1.165) is 28.8 Å². The van der Waals surface area contributed by atoms with E-state index in [1.54, 1.807) is 0 Å². The second-order valence-electron chi connectivity index (χ2n) is 8.35. The van der Waals surface area contributed by atoms with Gasteiger partial charge < -0.3 is 24.6 Å². The number of nitrogens with one attached hydrogen (secondary N) is 1. The van der Waals surface area contributed by atoms with E-state index in [2.05, 4.69) is 21.2 Å². The van der Waals surface area contributed by atoms with Gasteiger partial charge >= 0.3 is 0 Å². The highest BCUT2D eigenvalue weighted by Crippen LogP contribution is 2.32. The highest BCUT2D eigenvalue weighted by molar-refractivity contribution is 7.89. The number of hydrogen-bond acceptors (Lipinski definition) is 8. The molecule has 11 heteroatoms. The fraction of sp³-hybridized carbons (Fsp3) is 0.417. The standard InChI is InChI=1S/C24H29N5O5S/c1-27(35(31,32)21-5-2-19(17-25)3-6-21)18-24(30)26-22-7-4-20(28-8-12-33-13-9-28)16-23(22)29-10-14-34-15-11-29/h2-7,16H,8-15,18H2,1H3,(H,26,30). The molecule has 1 amide bonds. The van der Waals surface area contributed by atoms with E-state index >= 15 is 0 Å². The first kappa shape index (κ1) is 24.9. The minimum absolute atomic E-state index is 0.0238. The Bertz CT molecular complexity index is 1180. The number of amides is 1. The molecule has 0 atom stereocenters. The minimum atomic E-state index is -3.89. The fourth-order valence-corrected chi connectivity index (χ4v) is 5.20. The summed E-state index contributed by atoms with van der Waals surface area (Å²) in [7, 11) is -2.53. The lowest BCUT2D eigenvalue weighted by molar-refractivity contribution is -0.116. The number of carbonyl (C=O) groups is 1. The van der Waals surface area contributed by atoms with Crippen LogP contribution in [0.2, 0.25) is 0 Å². The van der Waals surface area contributed by atoms with Crippen molar-refractivity contribution in [1.82, 2.24) is 4.31 Å². The van der Waals surface area contributed by atoms with E-state index in [4.69, 9.17) is 14.7 Å². The number of nitrogens with zero attached hydrogens (tertiary/aromatic N) is 4. The molecule has 2 aliphatic heterocycles. The van der Waals surface area contributed by atoms with E-state index in [1.165, 1.54) is 31.3 Å². The maximum absolute atomic E-state index is 12.9. The van der Waals surface area contributed by atoms with Gasteiger partial charge in [0.1, 0.15) is 0 Å². The third-order valence-corrected chi connectivity index (χ3v) is 7.86. The number of benzene rings is 2. The molecule has 0 radical (unpaired) electrons. The highest BCUT2D eigenvalue weighted by atomic mass is 32.2. The maximum Gasteiger partial charge on any atom is 0.243 e. The number of likely N-dealkylation sites (N-methyl/N-ethyl adjacent to an activating group) is 1. The van der Waals surface area contributed by atoms with Gasteiger partial charge in [0.2, 0.25) is 15.9 Å². The summed E-state index contributed by atoms with van der Waals surface area (Å²) in [6.45, 7) is 5.18. The van der Waals surface area contributed by atoms with E-state index in [-0.39, 0.29) is 11.4 Å². The Balaban J connectivity index is 1.50. The number of carbonyl (C=O) groups excluding carboxylic acids is 1. The number of ether oxygens (including phenoxy) is 2. The molecule has 186 valence electrons. The monoisotopic (exact) mass is 499 g/mol. The first-order chi connectivity index (χ1) is 16.9. The summed E-state index contributed by atoms with van der Waals surface area (Å²) in [6, 6.07) is 13.4. The Morgan fingerprint density at radius 3 is 2.20 bits per heavy atom. The Morgan fingerprint density at radius 1 is 1.00 bits per heavy atom. The maximum atomic E-state index is 12.9. The average molecular weight is 500 g/mol. The number of nitriles is 1. The molecule has 0 aliphatic carbocycles. The van der Waals surface area contributed by atoms with Gasteiger partial charge in [-0.2, -0.15) is 9.57 Å². The van der Waals surface area contributed by atoms with Crippen LogP contribution >= 0.6 is 0 Å². The predicted molar refractivity (Wildman–Crippen MR) is 132 cm³/mol. The number of hydrogen-bond donors (Lipinski definition) is 1. The summed E-state index contributed by atoms with van der Waals surface area (Å²) in [5.41, 5.74) is 2.91. The zero-order valence-corrected chi connectivity index (χ0v) is 20.5. The summed E-state index contributed by atoms with van der Waals surface area (Å²) in [5.74, 6) is -0.446. The van der Waals surface area contributed by atoms with Crippen molar-refractivity contribution in [2.24, 2.45) is 0 Å². The van der Waals surface area contributed by atoms with Crippen molar-refractivity contribution < 1.29 is 22.7 Å². The van der Waals surface area contributed by atoms with Gasteiger partial charge in [-0.25, -0.2) is 8.42 Å². The van der Waals surface area contributed by atoms with Crippen LogP contribution in [0.15, 0.2) is 47.4 Å². The topological polar surface area (TPSA) is 115 Å². The molecule has 0 unspecified atom stereocenters. The highest BCUT2D eigenvalue weighted by Gasteiger charge is 2.24. The molecule has 0 bridgehead atoms. The molecule has 10 nitrogen and oxygen atoms in total. The molecule has 0 aromatic heterocycles. The van der Waals surface area contributed by atoms with Crippen molar-refractivity contribution >= 4 is 33.0 Å².